The zero-order valence-corrected chi connectivity index (χ0v) is 16.2. The minimum Gasteiger partial charge on any atom is -0.327 e. The summed E-state index contributed by atoms with van der Waals surface area (Å²) in [7, 11) is 0. The van der Waals surface area contributed by atoms with Crippen LogP contribution in [0.15, 0.2) is 30.3 Å². The van der Waals surface area contributed by atoms with Gasteiger partial charge in [0.2, 0.25) is 11.0 Å². The third kappa shape index (κ3) is 4.57. The molecule has 1 aliphatic carbocycles. The van der Waals surface area contributed by atoms with Crippen LogP contribution in [0.4, 0.5) is 5.13 Å². The number of aromatic nitrogens is 2. The Morgan fingerprint density at radius 1 is 1.28 bits per heavy atom. The van der Waals surface area contributed by atoms with Crippen molar-refractivity contribution >= 4 is 34.8 Å². The lowest BCUT2D eigenvalue weighted by Gasteiger charge is -2.21. The summed E-state index contributed by atoms with van der Waals surface area (Å²) in [5.74, 6) is 0.274. The Hall–Kier alpha value is -1.50. The summed E-state index contributed by atoms with van der Waals surface area (Å²) in [6, 6.07) is 10.4. The minimum atomic E-state index is -0.240. The summed E-state index contributed by atoms with van der Waals surface area (Å²) < 4.78 is 0. The number of carbonyl (C=O) groups is 1. The zero-order chi connectivity index (χ0) is 17.2. The zero-order valence-electron chi connectivity index (χ0n) is 14.6. The summed E-state index contributed by atoms with van der Waals surface area (Å²) in [5.41, 5.74) is 6.98. The van der Waals surface area contributed by atoms with Gasteiger partial charge in [0, 0.05) is 17.9 Å². The largest absolute Gasteiger partial charge is 0.327 e. The van der Waals surface area contributed by atoms with Crippen molar-refractivity contribution in [1.29, 1.82) is 0 Å². The van der Waals surface area contributed by atoms with E-state index in [0.717, 1.165) is 24.3 Å². The first-order chi connectivity index (χ1) is 11.5. The molecule has 0 spiro atoms. The fraction of sp³-hybridized carbons (Fsp3) is 0.500. The van der Waals surface area contributed by atoms with Gasteiger partial charge in [-0.2, -0.15) is 0 Å². The number of amides is 1. The van der Waals surface area contributed by atoms with Gasteiger partial charge in [-0.15, -0.1) is 22.6 Å². The van der Waals surface area contributed by atoms with E-state index in [1.807, 2.05) is 18.2 Å². The minimum absolute atomic E-state index is 0. The van der Waals surface area contributed by atoms with Crippen LogP contribution in [0.2, 0.25) is 0 Å². The molecule has 5 nitrogen and oxygen atoms in total. The van der Waals surface area contributed by atoms with E-state index in [4.69, 9.17) is 5.73 Å². The van der Waals surface area contributed by atoms with Crippen LogP contribution in [0.1, 0.15) is 50.1 Å². The highest BCUT2D eigenvalue weighted by atomic mass is 35.5. The van der Waals surface area contributed by atoms with Crippen LogP contribution in [0.3, 0.4) is 0 Å². The van der Waals surface area contributed by atoms with Crippen molar-refractivity contribution in [1.82, 2.24) is 10.2 Å². The van der Waals surface area contributed by atoms with E-state index in [1.54, 1.807) is 0 Å². The third-order valence-corrected chi connectivity index (χ3v) is 6.03. The van der Waals surface area contributed by atoms with E-state index < -0.39 is 0 Å². The maximum atomic E-state index is 12.2. The molecule has 1 aromatic carbocycles. The second-order valence-electron chi connectivity index (χ2n) is 7.01. The molecule has 2 aromatic rings. The Bertz CT molecular complexity index is 704. The highest BCUT2D eigenvalue weighted by molar-refractivity contribution is 7.15. The molecule has 1 saturated carbocycles. The van der Waals surface area contributed by atoms with Gasteiger partial charge in [0.25, 0.3) is 0 Å². The van der Waals surface area contributed by atoms with Crippen LogP contribution in [0.5, 0.6) is 0 Å². The maximum absolute atomic E-state index is 12.2. The number of benzene rings is 1. The smallest absolute Gasteiger partial charge is 0.226 e. The lowest BCUT2D eigenvalue weighted by atomic mass is 9.85. The molecule has 25 heavy (non-hydrogen) atoms. The van der Waals surface area contributed by atoms with Crippen molar-refractivity contribution in [3.63, 3.8) is 0 Å². The number of rotatable bonds is 5. The Morgan fingerprint density at radius 2 is 2.00 bits per heavy atom. The molecule has 1 heterocycles. The molecule has 136 valence electrons. The van der Waals surface area contributed by atoms with Crippen molar-refractivity contribution in [2.45, 2.75) is 51.0 Å². The van der Waals surface area contributed by atoms with Gasteiger partial charge in [-0.3, -0.25) is 4.79 Å². The van der Waals surface area contributed by atoms with E-state index in [-0.39, 0.29) is 35.7 Å². The van der Waals surface area contributed by atoms with Gasteiger partial charge in [-0.1, -0.05) is 48.1 Å². The normalized spacial score (nSPS) is 20.1. The van der Waals surface area contributed by atoms with Crippen LogP contribution >= 0.6 is 23.7 Å². The van der Waals surface area contributed by atoms with E-state index in [9.17, 15) is 4.79 Å². The molecule has 3 rings (SSSR count). The summed E-state index contributed by atoms with van der Waals surface area (Å²) in [5, 5.41) is 12.8. The van der Waals surface area contributed by atoms with Gasteiger partial charge in [0.1, 0.15) is 5.01 Å². The molecular formula is C18H25ClN4OS. The predicted octanol–water partition coefficient (Wildman–Crippen LogP) is 3.74. The molecule has 0 radical (unpaired) electrons. The van der Waals surface area contributed by atoms with Crippen molar-refractivity contribution in [3.8, 4) is 0 Å². The Labute approximate surface area is 158 Å². The van der Waals surface area contributed by atoms with E-state index in [0.29, 0.717) is 11.6 Å². The summed E-state index contributed by atoms with van der Waals surface area (Å²) >= 11 is 1.44. The Morgan fingerprint density at radius 3 is 2.64 bits per heavy atom. The van der Waals surface area contributed by atoms with Gasteiger partial charge in [-0.25, -0.2) is 0 Å². The molecule has 7 heteroatoms. The molecule has 3 N–H and O–H groups in total. The maximum Gasteiger partial charge on any atom is 0.226 e. The molecule has 0 aliphatic heterocycles. The quantitative estimate of drug-likeness (QED) is 0.827. The number of carbonyl (C=O) groups excluding carboxylic acids is 1. The summed E-state index contributed by atoms with van der Waals surface area (Å²) in [6.45, 7) is 4.23. The standard InChI is InChI=1S/C18H24N4OS.ClH/c1-18(2,13-8-4-3-5-9-13)16-21-22-17(24-16)20-15(23)11-12-7-6-10-14(12)19;/h3-5,8-9,12,14H,6-7,10-11,19H2,1-2H3,(H,20,22,23);1H/t12-,14+;/m0./s1. The summed E-state index contributed by atoms with van der Waals surface area (Å²) in [4.78, 5) is 12.2. The Balaban J connectivity index is 0.00000225. The highest BCUT2D eigenvalue weighted by Gasteiger charge is 2.29. The van der Waals surface area contributed by atoms with Crippen molar-refractivity contribution in [2.24, 2.45) is 11.7 Å². The molecule has 1 amide bonds. The number of nitrogens with zero attached hydrogens (tertiary/aromatic N) is 2. The molecule has 1 fully saturated rings. The molecule has 2 atom stereocenters. The molecule has 0 unspecified atom stereocenters. The fourth-order valence-electron chi connectivity index (χ4n) is 3.23. The second kappa shape index (κ2) is 8.25. The molecule has 0 bridgehead atoms. The number of anilines is 1. The fourth-order valence-corrected chi connectivity index (χ4v) is 4.12. The highest BCUT2D eigenvalue weighted by Crippen LogP contribution is 2.34. The van der Waals surface area contributed by atoms with Crippen molar-refractivity contribution in [2.75, 3.05) is 5.32 Å². The topological polar surface area (TPSA) is 80.9 Å². The molecule has 1 aliphatic rings. The van der Waals surface area contributed by atoms with Gasteiger partial charge < -0.3 is 11.1 Å². The first-order valence-corrected chi connectivity index (χ1v) is 9.23. The molecule has 1 aromatic heterocycles. The monoisotopic (exact) mass is 380 g/mol. The number of hydrogen-bond donors (Lipinski definition) is 2. The lowest BCUT2D eigenvalue weighted by molar-refractivity contribution is -0.117. The van der Waals surface area contributed by atoms with Gasteiger partial charge in [-0.05, 0) is 38.2 Å². The van der Waals surface area contributed by atoms with Crippen LogP contribution in [-0.2, 0) is 10.2 Å². The van der Waals surface area contributed by atoms with Gasteiger partial charge >= 0.3 is 0 Å². The second-order valence-corrected chi connectivity index (χ2v) is 7.99. The summed E-state index contributed by atoms with van der Waals surface area (Å²) in [6.07, 6.45) is 3.65. The van der Waals surface area contributed by atoms with Crippen molar-refractivity contribution in [3.05, 3.63) is 40.9 Å². The average molecular weight is 381 g/mol. The van der Waals surface area contributed by atoms with Crippen LogP contribution in [0.25, 0.3) is 0 Å². The predicted molar refractivity (Wildman–Crippen MR) is 104 cm³/mol. The van der Waals surface area contributed by atoms with Crippen LogP contribution < -0.4 is 11.1 Å². The van der Waals surface area contributed by atoms with Gasteiger partial charge in [0.05, 0.1) is 0 Å². The number of nitrogens with one attached hydrogen (secondary N) is 1. The van der Waals surface area contributed by atoms with E-state index in [2.05, 4.69) is 41.5 Å². The lowest BCUT2D eigenvalue weighted by Crippen LogP contribution is -2.28. The SMILES string of the molecule is CC(C)(c1ccccc1)c1nnc(NC(=O)C[C@@H]2CCC[C@H]2N)s1.Cl. The van der Waals surface area contributed by atoms with Crippen LogP contribution in [0, 0.1) is 5.92 Å². The third-order valence-electron chi connectivity index (χ3n) is 4.87. The number of halogens is 1. The molecule has 0 saturated heterocycles. The van der Waals surface area contributed by atoms with Crippen LogP contribution in [-0.4, -0.2) is 22.1 Å². The van der Waals surface area contributed by atoms with E-state index >= 15 is 0 Å². The number of hydrogen-bond acceptors (Lipinski definition) is 5. The first-order valence-electron chi connectivity index (χ1n) is 8.42. The van der Waals surface area contributed by atoms with Gasteiger partial charge in [0.15, 0.2) is 0 Å². The van der Waals surface area contributed by atoms with Crippen molar-refractivity contribution < 1.29 is 4.79 Å². The Kier molecular flexibility index (Phi) is 6.54. The molecular weight excluding hydrogens is 356 g/mol. The first kappa shape index (κ1) is 19.8. The average Bonchev–Trinajstić information content (AvgIpc) is 3.18. The van der Waals surface area contributed by atoms with E-state index in [1.165, 1.54) is 16.9 Å². The number of nitrogens with two attached hydrogens (primary N) is 1.